The molecule has 1 aromatic heterocycles. The highest BCUT2D eigenvalue weighted by Gasteiger charge is 2.58. The van der Waals surface area contributed by atoms with E-state index in [9.17, 15) is 9.90 Å². The van der Waals surface area contributed by atoms with Crippen LogP contribution >= 0.6 is 11.6 Å². The number of aliphatic hydroxyl groups is 1. The maximum atomic E-state index is 12.6. The number of anilines is 1. The Morgan fingerprint density at radius 2 is 1.91 bits per heavy atom. The van der Waals surface area contributed by atoms with Crippen molar-refractivity contribution in [2.75, 3.05) is 44.8 Å². The number of aliphatic hydroxyl groups excluding tert-OH is 1. The first kappa shape index (κ1) is 21.7. The Kier molecular flexibility index (Phi) is 5.38. The van der Waals surface area contributed by atoms with Crippen molar-refractivity contribution in [1.29, 1.82) is 0 Å². The first-order valence-corrected chi connectivity index (χ1v) is 12.3. The van der Waals surface area contributed by atoms with Gasteiger partial charge in [-0.25, -0.2) is 4.98 Å². The number of likely N-dealkylation sites (tertiary alicyclic amines) is 1. The number of piperidine rings is 1. The van der Waals surface area contributed by atoms with E-state index in [2.05, 4.69) is 28.2 Å². The van der Waals surface area contributed by atoms with Gasteiger partial charge in [-0.05, 0) is 79.8 Å². The molecule has 7 nitrogen and oxygen atoms in total. The van der Waals surface area contributed by atoms with Crippen molar-refractivity contribution in [3.8, 4) is 0 Å². The standard InChI is InChI=1S/C25H30ClN3O4/c1-25(13-33-12-21(25)30)29-4-2-14(3-5-29)17-6-15-8-22(27-9-16(15)7-20(17)26)28-24(31)23-18-10-32-11-19(18)23/h6-9,14,18-19,21,23,30H,2-5,10-13H2,1H3,(H,27,28,31)/t18-,19?,21+,23?,25-/m1/s1. The number of carbonyl (C=O) groups is 1. The summed E-state index contributed by atoms with van der Waals surface area (Å²) in [5.74, 6) is 1.81. The summed E-state index contributed by atoms with van der Waals surface area (Å²) in [5.41, 5.74) is 0.845. The molecule has 4 fully saturated rings. The summed E-state index contributed by atoms with van der Waals surface area (Å²) in [6, 6.07) is 6.09. The minimum absolute atomic E-state index is 0.0493. The number of hydrogen-bond acceptors (Lipinski definition) is 6. The van der Waals surface area contributed by atoms with Gasteiger partial charge in [-0.1, -0.05) is 11.6 Å². The van der Waals surface area contributed by atoms with E-state index in [1.165, 1.54) is 0 Å². The monoisotopic (exact) mass is 471 g/mol. The van der Waals surface area contributed by atoms with Crippen molar-refractivity contribution in [3.63, 3.8) is 0 Å². The van der Waals surface area contributed by atoms with E-state index >= 15 is 0 Å². The molecular formula is C25H30ClN3O4. The summed E-state index contributed by atoms with van der Waals surface area (Å²) in [7, 11) is 0. The second-order valence-corrected chi connectivity index (χ2v) is 10.7. The lowest BCUT2D eigenvalue weighted by Crippen LogP contribution is -2.56. The maximum Gasteiger partial charge on any atom is 0.229 e. The zero-order chi connectivity index (χ0) is 22.7. The average Bonchev–Trinajstić information content (AvgIpc) is 3.09. The number of halogens is 1. The fourth-order valence-electron chi connectivity index (χ4n) is 6.06. The Bertz CT molecular complexity index is 1080. The van der Waals surface area contributed by atoms with Gasteiger partial charge in [0.15, 0.2) is 0 Å². The van der Waals surface area contributed by atoms with Gasteiger partial charge in [-0.15, -0.1) is 0 Å². The topological polar surface area (TPSA) is 83.9 Å². The van der Waals surface area contributed by atoms with Crippen molar-refractivity contribution in [1.82, 2.24) is 9.88 Å². The van der Waals surface area contributed by atoms with Gasteiger partial charge in [-0.2, -0.15) is 0 Å². The Morgan fingerprint density at radius 1 is 1.15 bits per heavy atom. The number of fused-ring (bicyclic) bond motifs is 2. The third-order valence-corrected chi connectivity index (χ3v) is 8.72. The highest BCUT2D eigenvalue weighted by Crippen LogP contribution is 2.51. The van der Waals surface area contributed by atoms with Gasteiger partial charge in [0, 0.05) is 22.5 Å². The van der Waals surface area contributed by atoms with Crippen molar-refractivity contribution < 1.29 is 19.4 Å². The zero-order valence-electron chi connectivity index (χ0n) is 18.8. The molecule has 5 atom stereocenters. The molecule has 33 heavy (non-hydrogen) atoms. The van der Waals surface area contributed by atoms with Crippen LogP contribution in [-0.4, -0.2) is 72.1 Å². The van der Waals surface area contributed by atoms with E-state index < -0.39 is 6.10 Å². The number of amides is 1. The van der Waals surface area contributed by atoms with Crippen LogP contribution in [0.5, 0.6) is 0 Å². The highest BCUT2D eigenvalue weighted by atomic mass is 35.5. The molecule has 4 heterocycles. The van der Waals surface area contributed by atoms with Crippen LogP contribution in [0.15, 0.2) is 24.4 Å². The first-order valence-electron chi connectivity index (χ1n) is 11.9. The number of hydrogen-bond donors (Lipinski definition) is 2. The number of nitrogens with one attached hydrogen (secondary N) is 1. The molecular weight excluding hydrogens is 442 g/mol. The van der Waals surface area contributed by atoms with Crippen LogP contribution in [0.25, 0.3) is 10.8 Å². The van der Waals surface area contributed by atoms with Crippen LogP contribution in [0, 0.1) is 17.8 Å². The third-order valence-electron chi connectivity index (χ3n) is 8.39. The summed E-state index contributed by atoms with van der Waals surface area (Å²) in [4.78, 5) is 19.4. The number of aromatic nitrogens is 1. The largest absolute Gasteiger partial charge is 0.389 e. The molecule has 2 unspecified atom stereocenters. The Balaban J connectivity index is 1.17. The molecule has 3 saturated heterocycles. The lowest BCUT2D eigenvalue weighted by molar-refractivity contribution is -0.118. The first-order chi connectivity index (χ1) is 15.9. The predicted molar refractivity (Wildman–Crippen MR) is 125 cm³/mol. The van der Waals surface area contributed by atoms with Crippen molar-refractivity contribution in [3.05, 3.63) is 35.0 Å². The molecule has 2 N–H and O–H groups in total. The van der Waals surface area contributed by atoms with Crippen molar-refractivity contribution in [2.24, 2.45) is 17.8 Å². The Labute approximate surface area is 198 Å². The fraction of sp³-hybridized carbons (Fsp3) is 0.600. The number of benzene rings is 1. The molecule has 1 aliphatic carbocycles. The molecule has 1 aromatic carbocycles. The van der Waals surface area contributed by atoms with Crippen LogP contribution in [0.2, 0.25) is 5.02 Å². The van der Waals surface area contributed by atoms with Crippen LogP contribution in [-0.2, 0) is 14.3 Å². The van der Waals surface area contributed by atoms with Gasteiger partial charge in [0.25, 0.3) is 0 Å². The summed E-state index contributed by atoms with van der Waals surface area (Å²) >= 11 is 6.70. The van der Waals surface area contributed by atoms with Gasteiger partial charge >= 0.3 is 0 Å². The average molecular weight is 472 g/mol. The van der Waals surface area contributed by atoms with E-state index in [-0.39, 0.29) is 17.4 Å². The number of rotatable bonds is 4. The van der Waals surface area contributed by atoms with Gasteiger partial charge in [-0.3, -0.25) is 9.69 Å². The van der Waals surface area contributed by atoms with Gasteiger partial charge in [0.2, 0.25) is 5.91 Å². The molecule has 6 rings (SSSR count). The molecule has 4 aliphatic rings. The van der Waals surface area contributed by atoms with E-state index in [1.807, 2.05) is 12.1 Å². The van der Waals surface area contributed by atoms with Gasteiger partial charge in [0.05, 0.1) is 38.1 Å². The number of pyridine rings is 1. The van der Waals surface area contributed by atoms with E-state index in [1.54, 1.807) is 6.20 Å². The lowest BCUT2D eigenvalue weighted by atomic mass is 9.85. The zero-order valence-corrected chi connectivity index (χ0v) is 19.6. The van der Waals surface area contributed by atoms with Crippen LogP contribution in [0.4, 0.5) is 5.82 Å². The number of nitrogens with zero attached hydrogens (tertiary/aromatic N) is 2. The molecule has 0 spiro atoms. The second kappa shape index (κ2) is 8.17. The normalized spacial score (nSPS) is 34.5. The smallest absolute Gasteiger partial charge is 0.229 e. The summed E-state index contributed by atoms with van der Waals surface area (Å²) in [6.07, 6.45) is 3.30. The minimum atomic E-state index is -0.442. The van der Waals surface area contributed by atoms with E-state index in [4.69, 9.17) is 21.1 Å². The molecule has 176 valence electrons. The predicted octanol–water partition coefficient (Wildman–Crippen LogP) is 3.05. The highest BCUT2D eigenvalue weighted by molar-refractivity contribution is 6.32. The number of carbonyl (C=O) groups excluding carboxylic acids is 1. The molecule has 0 radical (unpaired) electrons. The van der Waals surface area contributed by atoms with Gasteiger partial charge in [0.1, 0.15) is 5.82 Å². The van der Waals surface area contributed by atoms with Crippen molar-refractivity contribution in [2.45, 2.75) is 37.3 Å². The Hall–Kier alpha value is -1.77. The molecule has 0 bridgehead atoms. The fourth-order valence-corrected chi connectivity index (χ4v) is 6.39. The van der Waals surface area contributed by atoms with Crippen molar-refractivity contribution >= 4 is 34.1 Å². The van der Waals surface area contributed by atoms with Gasteiger partial charge < -0.3 is 19.9 Å². The van der Waals surface area contributed by atoms with E-state index in [0.717, 1.165) is 47.3 Å². The van der Waals surface area contributed by atoms with Crippen LogP contribution in [0.3, 0.4) is 0 Å². The van der Waals surface area contributed by atoms with E-state index in [0.29, 0.717) is 50.0 Å². The molecule has 3 aliphatic heterocycles. The summed E-state index contributed by atoms with van der Waals surface area (Å²) < 4.78 is 10.9. The minimum Gasteiger partial charge on any atom is -0.389 e. The molecule has 8 heteroatoms. The SMILES string of the molecule is C[C@@]1(N2CCC(c3cc4cc(NC(=O)C5C6COC[C@H]65)ncc4cc3Cl)CC2)COC[C@@H]1O. The Morgan fingerprint density at radius 3 is 2.61 bits per heavy atom. The lowest BCUT2D eigenvalue weighted by Gasteiger charge is -2.43. The number of ether oxygens (including phenoxy) is 2. The summed E-state index contributed by atoms with van der Waals surface area (Å²) in [6.45, 7) is 6.28. The summed E-state index contributed by atoms with van der Waals surface area (Å²) in [5, 5.41) is 16.2. The van der Waals surface area contributed by atoms with Crippen LogP contribution < -0.4 is 5.32 Å². The van der Waals surface area contributed by atoms with Crippen LogP contribution in [0.1, 0.15) is 31.2 Å². The second-order valence-electron chi connectivity index (χ2n) is 10.3. The third kappa shape index (κ3) is 3.74. The molecule has 2 aromatic rings. The maximum absolute atomic E-state index is 12.6. The molecule has 1 saturated carbocycles. The quantitative estimate of drug-likeness (QED) is 0.713. The molecule has 1 amide bonds.